The van der Waals surface area contributed by atoms with Crippen molar-refractivity contribution in [3.8, 4) is 0 Å². The fourth-order valence-electron chi connectivity index (χ4n) is 1.29. The zero-order valence-corrected chi connectivity index (χ0v) is 7.26. The van der Waals surface area contributed by atoms with E-state index in [9.17, 15) is 18.0 Å². The van der Waals surface area contributed by atoms with Crippen molar-refractivity contribution in [3.63, 3.8) is 0 Å². The van der Waals surface area contributed by atoms with E-state index in [1.807, 2.05) is 0 Å². The zero-order valence-electron chi connectivity index (χ0n) is 7.26. The molecule has 0 radical (unpaired) electrons. The molecule has 0 aliphatic carbocycles. The van der Waals surface area contributed by atoms with Crippen LogP contribution in [0.3, 0.4) is 0 Å². The number of nitrogens with two attached hydrogens (primary N) is 1. The molecule has 1 rings (SSSR count). The number of alkyl halides is 3. The van der Waals surface area contributed by atoms with Gasteiger partial charge in [0, 0.05) is 6.42 Å². The SMILES string of the molecule is NC(=O)OC1(C(F)(F)F)CCCCO1. The van der Waals surface area contributed by atoms with Crippen LogP contribution in [0.1, 0.15) is 19.3 Å². The molecule has 0 saturated carbocycles. The highest BCUT2D eigenvalue weighted by molar-refractivity contribution is 5.65. The number of hydrogen-bond acceptors (Lipinski definition) is 3. The second kappa shape index (κ2) is 3.64. The molecule has 0 bridgehead atoms. The molecule has 2 N–H and O–H groups in total. The fraction of sp³-hybridized carbons (Fsp3) is 0.857. The lowest BCUT2D eigenvalue weighted by molar-refractivity contribution is -0.371. The Balaban J connectivity index is 2.83. The first-order chi connectivity index (χ1) is 6.37. The highest BCUT2D eigenvalue weighted by atomic mass is 19.4. The second-order valence-corrected chi connectivity index (χ2v) is 2.98. The molecule has 1 atom stereocenters. The summed E-state index contributed by atoms with van der Waals surface area (Å²) in [6, 6.07) is 0. The standard InChI is InChI=1S/C7H10F3NO3/c8-7(9,10)6(14-5(11)12)3-1-2-4-13-6/h1-4H2,(H2,11,12). The van der Waals surface area contributed by atoms with Crippen molar-refractivity contribution >= 4 is 6.09 Å². The number of carbonyl (C=O) groups is 1. The predicted molar refractivity (Wildman–Crippen MR) is 39.3 cm³/mol. The first kappa shape index (κ1) is 11.1. The third-order valence-corrected chi connectivity index (χ3v) is 1.93. The van der Waals surface area contributed by atoms with Crippen molar-refractivity contribution in [1.29, 1.82) is 0 Å². The molecule has 1 amide bonds. The average molecular weight is 213 g/mol. The van der Waals surface area contributed by atoms with Crippen LogP contribution in [-0.2, 0) is 9.47 Å². The van der Waals surface area contributed by atoms with Gasteiger partial charge in [0.25, 0.3) is 0 Å². The molecule has 0 aromatic carbocycles. The van der Waals surface area contributed by atoms with Crippen LogP contribution in [0.4, 0.5) is 18.0 Å². The molecule has 4 nitrogen and oxygen atoms in total. The lowest BCUT2D eigenvalue weighted by Crippen LogP contribution is -2.53. The Morgan fingerprint density at radius 2 is 2.07 bits per heavy atom. The summed E-state index contributed by atoms with van der Waals surface area (Å²) in [5, 5.41) is 0. The largest absolute Gasteiger partial charge is 0.455 e. The van der Waals surface area contributed by atoms with Crippen molar-refractivity contribution in [1.82, 2.24) is 0 Å². The summed E-state index contributed by atoms with van der Waals surface area (Å²) in [6.45, 7) is -0.0905. The van der Waals surface area contributed by atoms with Crippen LogP contribution in [-0.4, -0.2) is 24.7 Å². The summed E-state index contributed by atoms with van der Waals surface area (Å²) in [5.74, 6) is -2.84. The molecule has 1 saturated heterocycles. The Kier molecular flexibility index (Phi) is 2.89. The van der Waals surface area contributed by atoms with E-state index in [1.165, 1.54) is 0 Å². The number of rotatable bonds is 1. The van der Waals surface area contributed by atoms with Gasteiger partial charge in [0.15, 0.2) is 0 Å². The van der Waals surface area contributed by atoms with Crippen LogP contribution in [0, 0.1) is 0 Å². The van der Waals surface area contributed by atoms with E-state index in [2.05, 4.69) is 15.2 Å². The first-order valence-electron chi connectivity index (χ1n) is 4.06. The minimum absolute atomic E-state index is 0.0905. The van der Waals surface area contributed by atoms with Gasteiger partial charge in [0.05, 0.1) is 6.61 Å². The Bertz CT molecular complexity index is 223. The Morgan fingerprint density at radius 3 is 2.43 bits per heavy atom. The summed E-state index contributed by atoms with van der Waals surface area (Å²) < 4.78 is 46.0. The molecule has 1 unspecified atom stereocenters. The summed E-state index contributed by atoms with van der Waals surface area (Å²) in [7, 11) is 0. The van der Waals surface area contributed by atoms with E-state index in [4.69, 9.17) is 0 Å². The maximum Gasteiger partial charge on any atom is 0.455 e. The van der Waals surface area contributed by atoms with Crippen molar-refractivity contribution in [2.24, 2.45) is 5.73 Å². The Hall–Kier alpha value is -0.980. The summed E-state index contributed by atoms with van der Waals surface area (Å²) in [4.78, 5) is 10.3. The van der Waals surface area contributed by atoms with E-state index in [1.54, 1.807) is 0 Å². The van der Waals surface area contributed by atoms with Gasteiger partial charge in [-0.05, 0) is 12.8 Å². The summed E-state index contributed by atoms with van der Waals surface area (Å²) in [6.07, 6.45) is -5.83. The average Bonchev–Trinajstić information content (AvgIpc) is 2.02. The topological polar surface area (TPSA) is 61.6 Å². The number of ether oxygens (including phenoxy) is 2. The highest BCUT2D eigenvalue weighted by Gasteiger charge is 2.60. The van der Waals surface area contributed by atoms with Gasteiger partial charge < -0.3 is 15.2 Å². The van der Waals surface area contributed by atoms with Crippen molar-refractivity contribution < 1.29 is 27.4 Å². The van der Waals surface area contributed by atoms with Gasteiger partial charge in [0.1, 0.15) is 0 Å². The van der Waals surface area contributed by atoms with Gasteiger partial charge in [-0.1, -0.05) is 0 Å². The molecule has 0 aromatic rings. The third-order valence-electron chi connectivity index (χ3n) is 1.93. The molecule has 1 heterocycles. The molecular formula is C7H10F3NO3. The van der Waals surface area contributed by atoms with Crippen LogP contribution < -0.4 is 5.73 Å². The summed E-state index contributed by atoms with van der Waals surface area (Å²) >= 11 is 0. The minimum atomic E-state index is -4.75. The van der Waals surface area contributed by atoms with E-state index in [-0.39, 0.29) is 13.0 Å². The van der Waals surface area contributed by atoms with E-state index < -0.39 is 24.5 Å². The number of amides is 1. The third kappa shape index (κ3) is 2.09. The van der Waals surface area contributed by atoms with Crippen LogP contribution in [0.15, 0.2) is 0 Å². The highest BCUT2D eigenvalue weighted by Crippen LogP contribution is 2.41. The van der Waals surface area contributed by atoms with Gasteiger partial charge in [-0.15, -0.1) is 0 Å². The van der Waals surface area contributed by atoms with Crippen molar-refractivity contribution in [2.75, 3.05) is 6.61 Å². The second-order valence-electron chi connectivity index (χ2n) is 2.98. The molecule has 1 aliphatic heterocycles. The van der Waals surface area contributed by atoms with Crippen LogP contribution in [0.2, 0.25) is 0 Å². The number of halogens is 3. The van der Waals surface area contributed by atoms with E-state index in [0.29, 0.717) is 6.42 Å². The molecule has 0 spiro atoms. The summed E-state index contributed by atoms with van der Waals surface area (Å²) in [5.41, 5.74) is 4.56. The van der Waals surface area contributed by atoms with Gasteiger partial charge in [-0.2, -0.15) is 13.2 Å². The number of primary amides is 1. The maximum atomic E-state index is 12.5. The van der Waals surface area contributed by atoms with E-state index in [0.717, 1.165) is 0 Å². The maximum absolute atomic E-state index is 12.5. The molecule has 1 fully saturated rings. The lowest BCUT2D eigenvalue weighted by Gasteiger charge is -2.36. The predicted octanol–water partition coefficient (Wildman–Crippen LogP) is 1.54. The fourth-order valence-corrected chi connectivity index (χ4v) is 1.29. The van der Waals surface area contributed by atoms with E-state index >= 15 is 0 Å². The number of hydrogen-bond donors (Lipinski definition) is 1. The lowest BCUT2D eigenvalue weighted by atomic mass is 10.1. The Labute approximate surface area is 78.1 Å². The molecular weight excluding hydrogens is 203 g/mol. The van der Waals surface area contributed by atoms with Crippen molar-refractivity contribution in [3.05, 3.63) is 0 Å². The molecule has 1 aliphatic rings. The van der Waals surface area contributed by atoms with Gasteiger partial charge in [-0.25, -0.2) is 4.79 Å². The molecule has 7 heteroatoms. The van der Waals surface area contributed by atoms with Gasteiger partial charge >= 0.3 is 18.1 Å². The van der Waals surface area contributed by atoms with Crippen LogP contribution >= 0.6 is 0 Å². The molecule has 14 heavy (non-hydrogen) atoms. The quantitative estimate of drug-likeness (QED) is 0.718. The smallest absolute Gasteiger partial charge is 0.407 e. The normalized spacial score (nSPS) is 28.5. The molecule has 0 aromatic heterocycles. The minimum Gasteiger partial charge on any atom is -0.407 e. The van der Waals surface area contributed by atoms with Crippen LogP contribution in [0.25, 0.3) is 0 Å². The van der Waals surface area contributed by atoms with Crippen molar-refractivity contribution in [2.45, 2.75) is 31.2 Å². The van der Waals surface area contributed by atoms with Crippen LogP contribution in [0.5, 0.6) is 0 Å². The zero-order chi connectivity index (χ0) is 10.8. The van der Waals surface area contributed by atoms with Gasteiger partial charge in [0.2, 0.25) is 0 Å². The molecule has 82 valence electrons. The van der Waals surface area contributed by atoms with Gasteiger partial charge in [-0.3, -0.25) is 0 Å². The first-order valence-corrected chi connectivity index (χ1v) is 4.06. The number of carbonyl (C=O) groups excluding carboxylic acids is 1. The monoisotopic (exact) mass is 213 g/mol. The Morgan fingerprint density at radius 1 is 1.43 bits per heavy atom.